The first-order valence-corrected chi connectivity index (χ1v) is 12.3. The average molecular weight is 419 g/mol. The number of ether oxygens (including phenoxy) is 2. The van der Waals surface area contributed by atoms with Crippen molar-refractivity contribution < 1.29 is 14.3 Å². The lowest BCUT2D eigenvalue weighted by Gasteiger charge is -2.36. The number of allylic oxidation sites excluding steroid dienone is 4. The average Bonchev–Trinajstić information content (AvgIpc) is 2.70. The van der Waals surface area contributed by atoms with Crippen molar-refractivity contribution in [1.29, 1.82) is 0 Å². The minimum Gasteiger partial charge on any atom is -0.434 e. The Morgan fingerprint density at radius 1 is 0.833 bits per heavy atom. The fourth-order valence-electron chi connectivity index (χ4n) is 5.56. The largest absolute Gasteiger partial charge is 0.508 e. The molecular weight excluding hydrogens is 372 g/mol. The van der Waals surface area contributed by atoms with E-state index in [2.05, 4.69) is 67.5 Å². The van der Waals surface area contributed by atoms with Crippen LogP contribution in [-0.2, 0) is 9.47 Å². The van der Waals surface area contributed by atoms with Gasteiger partial charge in [0.05, 0.1) is 13.2 Å². The van der Waals surface area contributed by atoms with E-state index in [-0.39, 0.29) is 0 Å². The van der Waals surface area contributed by atoms with Gasteiger partial charge in [-0.2, -0.15) is 0 Å². The van der Waals surface area contributed by atoms with E-state index in [0.29, 0.717) is 60.6 Å². The molecule has 30 heavy (non-hydrogen) atoms. The van der Waals surface area contributed by atoms with E-state index in [9.17, 15) is 4.79 Å². The highest BCUT2D eigenvalue weighted by Crippen LogP contribution is 2.39. The second-order valence-electron chi connectivity index (χ2n) is 10.4. The normalized spacial score (nSPS) is 33.9. The van der Waals surface area contributed by atoms with Gasteiger partial charge in [0, 0.05) is 0 Å². The van der Waals surface area contributed by atoms with Crippen molar-refractivity contribution in [3.8, 4) is 0 Å². The first-order valence-electron chi connectivity index (χ1n) is 12.3. The summed E-state index contributed by atoms with van der Waals surface area (Å²) in [6, 6.07) is 0. The van der Waals surface area contributed by atoms with E-state index in [4.69, 9.17) is 9.47 Å². The summed E-state index contributed by atoms with van der Waals surface area (Å²) in [6.45, 7) is 19.0. The van der Waals surface area contributed by atoms with Gasteiger partial charge >= 0.3 is 6.16 Å². The van der Waals surface area contributed by atoms with Crippen LogP contribution >= 0.6 is 0 Å². The maximum Gasteiger partial charge on any atom is 0.508 e. The Balaban J connectivity index is 1.86. The Morgan fingerprint density at radius 2 is 1.20 bits per heavy atom. The molecule has 0 saturated carbocycles. The molecule has 0 saturated heterocycles. The molecule has 0 heterocycles. The number of carbonyl (C=O) groups is 1. The molecule has 0 bridgehead atoms. The van der Waals surface area contributed by atoms with E-state index in [1.807, 2.05) is 0 Å². The molecular formula is C27H46O3. The van der Waals surface area contributed by atoms with Crippen LogP contribution in [0.1, 0.15) is 81.1 Å². The van der Waals surface area contributed by atoms with Gasteiger partial charge in [-0.3, -0.25) is 0 Å². The molecule has 2 aliphatic rings. The van der Waals surface area contributed by atoms with Crippen LogP contribution in [0.25, 0.3) is 0 Å². The van der Waals surface area contributed by atoms with E-state index in [0.717, 1.165) is 12.8 Å². The lowest BCUT2D eigenvalue weighted by molar-refractivity contribution is 0.0204. The highest BCUT2D eigenvalue weighted by Gasteiger charge is 2.32. The van der Waals surface area contributed by atoms with Gasteiger partial charge in [-0.1, -0.05) is 64.8 Å². The Hall–Kier alpha value is -1.25. The first-order chi connectivity index (χ1) is 14.2. The monoisotopic (exact) mass is 418 g/mol. The molecule has 0 aromatic heterocycles. The third kappa shape index (κ3) is 6.37. The van der Waals surface area contributed by atoms with Gasteiger partial charge in [0.2, 0.25) is 0 Å². The van der Waals surface area contributed by atoms with Gasteiger partial charge < -0.3 is 9.47 Å². The maximum absolute atomic E-state index is 12.4. The Bertz CT molecular complexity index is 568. The van der Waals surface area contributed by atoms with Crippen LogP contribution in [0.3, 0.4) is 0 Å². The molecule has 0 fully saturated rings. The van der Waals surface area contributed by atoms with Crippen molar-refractivity contribution in [3.63, 3.8) is 0 Å². The summed E-state index contributed by atoms with van der Waals surface area (Å²) in [5.74, 6) is 4.40. The molecule has 0 spiro atoms. The van der Waals surface area contributed by atoms with Gasteiger partial charge in [0.25, 0.3) is 0 Å². The van der Waals surface area contributed by atoms with Crippen molar-refractivity contribution >= 4 is 6.16 Å². The highest BCUT2D eigenvalue weighted by molar-refractivity contribution is 5.59. The summed E-state index contributed by atoms with van der Waals surface area (Å²) < 4.78 is 11.2. The molecule has 3 heteroatoms. The third-order valence-corrected chi connectivity index (χ3v) is 8.29. The molecule has 0 radical (unpaired) electrons. The van der Waals surface area contributed by atoms with Crippen LogP contribution in [0.4, 0.5) is 4.79 Å². The molecule has 8 atom stereocenters. The van der Waals surface area contributed by atoms with Crippen LogP contribution in [0.15, 0.2) is 23.3 Å². The Kier molecular flexibility index (Phi) is 9.50. The van der Waals surface area contributed by atoms with Crippen molar-refractivity contribution in [2.75, 3.05) is 13.2 Å². The second-order valence-corrected chi connectivity index (χ2v) is 10.4. The number of hydrogen-bond acceptors (Lipinski definition) is 3. The minimum absolute atomic E-state index is 0.372. The van der Waals surface area contributed by atoms with Crippen molar-refractivity contribution in [2.45, 2.75) is 81.1 Å². The van der Waals surface area contributed by atoms with Crippen LogP contribution in [0.2, 0.25) is 0 Å². The molecule has 0 aromatic carbocycles. The van der Waals surface area contributed by atoms with Gasteiger partial charge in [0.15, 0.2) is 0 Å². The number of hydrogen-bond donors (Lipinski definition) is 0. The fourth-order valence-corrected chi connectivity index (χ4v) is 5.56. The third-order valence-electron chi connectivity index (χ3n) is 8.29. The lowest BCUT2D eigenvalue weighted by atomic mass is 9.71. The lowest BCUT2D eigenvalue weighted by Crippen LogP contribution is -2.30. The molecule has 8 unspecified atom stereocenters. The molecule has 172 valence electrons. The Morgan fingerprint density at radius 3 is 1.53 bits per heavy atom. The summed E-state index contributed by atoms with van der Waals surface area (Å²) in [5.41, 5.74) is 2.91. The van der Waals surface area contributed by atoms with Crippen molar-refractivity contribution in [2.24, 2.45) is 47.3 Å². The van der Waals surface area contributed by atoms with Gasteiger partial charge in [0.1, 0.15) is 0 Å². The van der Waals surface area contributed by atoms with Gasteiger partial charge in [-0.15, -0.1) is 0 Å². The summed E-state index contributed by atoms with van der Waals surface area (Å²) in [7, 11) is 0. The molecule has 0 amide bonds. The predicted octanol–water partition coefficient (Wildman–Crippen LogP) is 7.67. The summed E-state index contributed by atoms with van der Waals surface area (Å²) >= 11 is 0. The summed E-state index contributed by atoms with van der Waals surface area (Å²) in [4.78, 5) is 12.4. The molecule has 2 rings (SSSR count). The molecule has 0 aliphatic heterocycles. The fraction of sp³-hybridized carbons (Fsp3) is 0.815. The smallest absolute Gasteiger partial charge is 0.434 e. The predicted molar refractivity (Wildman–Crippen MR) is 125 cm³/mol. The maximum atomic E-state index is 12.4. The standard InChI is InChI=1S/C27H46O3/c1-9-23(25-13-19(5)17(3)11-21(25)7)15-29-27(28)30-16-24(10-2)26-14-20(6)18(4)12-22(26)8/h11-12,17-20,23-26H,9-10,13-16H2,1-8H3. The molecule has 3 nitrogen and oxygen atoms in total. The zero-order valence-electron chi connectivity index (χ0n) is 20.7. The van der Waals surface area contributed by atoms with Crippen LogP contribution in [0.5, 0.6) is 0 Å². The topological polar surface area (TPSA) is 35.5 Å². The SMILES string of the molecule is CCC(COC(=O)OCC(CC)C1CC(C)C(C)C=C1C)C1CC(C)C(C)C=C1C. The quantitative estimate of drug-likeness (QED) is 0.300. The van der Waals surface area contributed by atoms with Crippen LogP contribution in [-0.4, -0.2) is 19.4 Å². The van der Waals surface area contributed by atoms with Crippen LogP contribution in [0, 0.1) is 47.3 Å². The number of rotatable bonds is 8. The van der Waals surface area contributed by atoms with E-state index in [1.165, 1.54) is 24.0 Å². The van der Waals surface area contributed by atoms with E-state index in [1.54, 1.807) is 0 Å². The van der Waals surface area contributed by atoms with Gasteiger partial charge in [-0.05, 0) is 86.9 Å². The second kappa shape index (κ2) is 11.4. The van der Waals surface area contributed by atoms with E-state index >= 15 is 0 Å². The van der Waals surface area contributed by atoms with Gasteiger partial charge in [-0.25, -0.2) is 4.79 Å². The molecule has 0 aromatic rings. The van der Waals surface area contributed by atoms with Crippen molar-refractivity contribution in [1.82, 2.24) is 0 Å². The highest BCUT2D eigenvalue weighted by atomic mass is 16.7. The zero-order chi connectivity index (χ0) is 22.4. The minimum atomic E-state index is -0.496. The Labute approximate surface area is 185 Å². The van der Waals surface area contributed by atoms with E-state index < -0.39 is 6.16 Å². The number of carbonyl (C=O) groups excluding carboxylic acids is 1. The molecule has 2 aliphatic carbocycles. The van der Waals surface area contributed by atoms with Crippen molar-refractivity contribution in [3.05, 3.63) is 23.3 Å². The summed E-state index contributed by atoms with van der Waals surface area (Å²) in [6.07, 6.45) is 8.73. The molecule has 0 N–H and O–H groups in total. The first kappa shape index (κ1) is 25.0. The summed E-state index contributed by atoms with van der Waals surface area (Å²) in [5, 5.41) is 0. The van der Waals surface area contributed by atoms with Crippen LogP contribution < -0.4 is 0 Å². The zero-order valence-corrected chi connectivity index (χ0v) is 20.7.